The number of hydrogen-bond acceptors (Lipinski definition) is 8. The summed E-state index contributed by atoms with van der Waals surface area (Å²) < 4.78 is 93.2. The van der Waals surface area contributed by atoms with Gasteiger partial charge in [-0.2, -0.15) is 18.2 Å². The molecule has 10 nitrogen and oxygen atoms in total. The van der Waals surface area contributed by atoms with Crippen molar-refractivity contribution in [2.45, 2.75) is 70.0 Å². The van der Waals surface area contributed by atoms with Crippen LogP contribution in [-0.4, -0.2) is 58.1 Å². The largest absolute Gasteiger partial charge is 0.390 e. The Morgan fingerprint density at radius 3 is 2.51 bits per heavy atom. The van der Waals surface area contributed by atoms with Crippen LogP contribution in [-0.2, 0) is 10.0 Å². The zero-order valence-corrected chi connectivity index (χ0v) is 23.6. The molecule has 226 valence electrons. The van der Waals surface area contributed by atoms with Crippen molar-refractivity contribution in [2.75, 3.05) is 15.8 Å². The van der Waals surface area contributed by atoms with Crippen LogP contribution < -0.4 is 21.3 Å². The van der Waals surface area contributed by atoms with E-state index in [1.54, 1.807) is 18.6 Å². The maximum absolute atomic E-state index is 14.8. The smallest absolute Gasteiger partial charge is 0.351 e. The van der Waals surface area contributed by atoms with Crippen molar-refractivity contribution in [2.24, 2.45) is 5.73 Å². The van der Waals surface area contributed by atoms with Crippen LogP contribution in [0.5, 0.6) is 0 Å². The molecule has 0 amide bonds. The van der Waals surface area contributed by atoms with E-state index < -0.39 is 63.7 Å². The van der Waals surface area contributed by atoms with Gasteiger partial charge in [-0.15, -0.1) is 12.4 Å². The van der Waals surface area contributed by atoms with Crippen LogP contribution in [0.3, 0.4) is 0 Å². The summed E-state index contributed by atoms with van der Waals surface area (Å²) in [6, 6.07) is 1.91. The maximum atomic E-state index is 14.8. The highest BCUT2D eigenvalue weighted by Gasteiger charge is 2.31. The fraction of sp³-hybridized carbons (Fsp3) is 0.500. The minimum Gasteiger partial charge on any atom is -0.351 e. The Bertz CT molecular complexity index is 1570. The van der Waals surface area contributed by atoms with Crippen molar-refractivity contribution in [1.29, 1.82) is 0 Å². The van der Waals surface area contributed by atoms with E-state index in [-0.39, 0.29) is 53.2 Å². The van der Waals surface area contributed by atoms with Crippen LogP contribution >= 0.6 is 12.4 Å². The Balaban J connectivity index is 0.00000462. The normalized spacial score (nSPS) is 19.7. The van der Waals surface area contributed by atoms with E-state index in [1.165, 1.54) is 16.8 Å². The monoisotopic (exact) mass is 625 g/mol. The molecule has 0 aliphatic heterocycles. The lowest BCUT2D eigenvalue weighted by atomic mass is 9.90. The SMILES string of the molecule is CC(C)n1c(=O)c(-c2ccc(NS(=O)(=O)CCC(F)(F)F)c(F)c2)nc2cnc(NC3CCC(N)C(F)C3)nc21.Cl. The number of fused-ring (bicyclic) bond motifs is 1. The molecule has 0 radical (unpaired) electrons. The Hall–Kier alpha value is -3.11. The molecule has 2 aromatic heterocycles. The summed E-state index contributed by atoms with van der Waals surface area (Å²) in [4.78, 5) is 26.4. The van der Waals surface area contributed by atoms with E-state index in [9.17, 15) is 35.2 Å². The summed E-state index contributed by atoms with van der Waals surface area (Å²) in [5.41, 5.74) is 4.79. The van der Waals surface area contributed by atoms with Gasteiger partial charge in [0.25, 0.3) is 5.56 Å². The zero-order valence-electron chi connectivity index (χ0n) is 22.0. The molecule has 1 aliphatic rings. The van der Waals surface area contributed by atoms with Gasteiger partial charge in [0.1, 0.15) is 23.2 Å². The third-order valence-electron chi connectivity index (χ3n) is 6.47. The van der Waals surface area contributed by atoms with Gasteiger partial charge in [0.15, 0.2) is 5.65 Å². The van der Waals surface area contributed by atoms with Crippen molar-refractivity contribution < 1.29 is 30.4 Å². The highest BCUT2D eigenvalue weighted by molar-refractivity contribution is 7.92. The van der Waals surface area contributed by atoms with E-state index in [4.69, 9.17) is 5.73 Å². The quantitative estimate of drug-likeness (QED) is 0.314. The summed E-state index contributed by atoms with van der Waals surface area (Å²) in [5, 5.41) is 3.08. The lowest BCUT2D eigenvalue weighted by molar-refractivity contribution is -0.129. The molecular weight excluding hydrogens is 597 g/mol. The van der Waals surface area contributed by atoms with E-state index in [0.29, 0.717) is 12.8 Å². The van der Waals surface area contributed by atoms with Gasteiger partial charge in [-0.1, -0.05) is 6.07 Å². The van der Waals surface area contributed by atoms with Crippen LogP contribution in [0.2, 0.25) is 0 Å². The Kier molecular flexibility index (Phi) is 9.80. The Morgan fingerprint density at radius 1 is 1.20 bits per heavy atom. The van der Waals surface area contributed by atoms with E-state index in [2.05, 4.69) is 20.3 Å². The minimum atomic E-state index is -4.70. The minimum absolute atomic E-state index is 0. The molecule has 0 saturated heterocycles. The second kappa shape index (κ2) is 12.4. The highest BCUT2D eigenvalue weighted by Crippen LogP contribution is 2.27. The van der Waals surface area contributed by atoms with Crippen LogP contribution in [0.25, 0.3) is 22.4 Å². The van der Waals surface area contributed by atoms with Crippen molar-refractivity contribution in [3.05, 3.63) is 40.6 Å². The molecule has 17 heteroatoms. The molecule has 41 heavy (non-hydrogen) atoms. The van der Waals surface area contributed by atoms with Gasteiger partial charge in [0, 0.05) is 30.1 Å². The van der Waals surface area contributed by atoms with Crippen molar-refractivity contribution in [1.82, 2.24) is 19.5 Å². The lowest BCUT2D eigenvalue weighted by Gasteiger charge is -2.29. The van der Waals surface area contributed by atoms with E-state index >= 15 is 0 Å². The summed E-state index contributed by atoms with van der Waals surface area (Å²) in [6.07, 6.45) is -4.77. The number of halogens is 6. The van der Waals surface area contributed by atoms with Gasteiger partial charge in [0.05, 0.1) is 24.1 Å². The van der Waals surface area contributed by atoms with Gasteiger partial charge in [0.2, 0.25) is 16.0 Å². The molecular formula is C24H29ClF5N7O3S. The number of rotatable bonds is 8. The zero-order chi connectivity index (χ0) is 29.4. The molecule has 1 saturated carbocycles. The second-order valence-electron chi connectivity index (χ2n) is 9.95. The number of nitrogens with zero attached hydrogens (tertiary/aromatic N) is 4. The van der Waals surface area contributed by atoms with Gasteiger partial charge < -0.3 is 11.1 Å². The second-order valence-corrected chi connectivity index (χ2v) is 11.8. The molecule has 1 fully saturated rings. The van der Waals surface area contributed by atoms with Gasteiger partial charge in [-0.05, 0) is 38.8 Å². The molecule has 1 aliphatic carbocycles. The average molecular weight is 626 g/mol. The van der Waals surface area contributed by atoms with Crippen LogP contribution in [0.4, 0.5) is 33.6 Å². The summed E-state index contributed by atoms with van der Waals surface area (Å²) in [5.74, 6) is -2.21. The maximum Gasteiger partial charge on any atom is 0.390 e. The van der Waals surface area contributed by atoms with Crippen molar-refractivity contribution in [3.8, 4) is 11.3 Å². The Morgan fingerprint density at radius 2 is 1.90 bits per heavy atom. The van der Waals surface area contributed by atoms with E-state index in [1.807, 2.05) is 0 Å². The highest BCUT2D eigenvalue weighted by atomic mass is 35.5. The molecule has 3 aromatic rings. The molecule has 1 aromatic carbocycles. The topological polar surface area (TPSA) is 145 Å². The van der Waals surface area contributed by atoms with Gasteiger partial charge in [-0.3, -0.25) is 14.1 Å². The number of sulfonamides is 1. The van der Waals surface area contributed by atoms with Gasteiger partial charge >= 0.3 is 6.18 Å². The third kappa shape index (κ3) is 7.80. The lowest BCUT2D eigenvalue weighted by Crippen LogP contribution is -2.42. The molecule has 4 rings (SSSR count). The first-order chi connectivity index (χ1) is 18.6. The van der Waals surface area contributed by atoms with Crippen LogP contribution in [0.15, 0.2) is 29.2 Å². The predicted octanol–water partition coefficient (Wildman–Crippen LogP) is 4.32. The number of aromatic nitrogens is 4. The first-order valence-electron chi connectivity index (χ1n) is 12.5. The fourth-order valence-corrected chi connectivity index (χ4v) is 5.51. The van der Waals surface area contributed by atoms with E-state index in [0.717, 1.165) is 12.1 Å². The molecule has 0 spiro atoms. The molecule has 0 bridgehead atoms. The number of benzene rings is 1. The fourth-order valence-electron chi connectivity index (χ4n) is 4.40. The summed E-state index contributed by atoms with van der Waals surface area (Å²) >= 11 is 0. The van der Waals surface area contributed by atoms with Crippen molar-refractivity contribution >= 4 is 45.2 Å². The number of nitrogens with one attached hydrogen (secondary N) is 2. The summed E-state index contributed by atoms with van der Waals surface area (Å²) in [7, 11) is -4.48. The van der Waals surface area contributed by atoms with Gasteiger partial charge in [-0.25, -0.2) is 27.2 Å². The molecule has 3 unspecified atom stereocenters. The Labute approximate surface area is 238 Å². The van der Waals surface area contributed by atoms with Crippen LogP contribution in [0.1, 0.15) is 45.6 Å². The molecule has 2 heterocycles. The summed E-state index contributed by atoms with van der Waals surface area (Å²) in [6.45, 7) is 3.46. The van der Waals surface area contributed by atoms with Crippen molar-refractivity contribution in [3.63, 3.8) is 0 Å². The molecule has 3 atom stereocenters. The van der Waals surface area contributed by atoms with Crippen LogP contribution in [0, 0.1) is 5.82 Å². The molecule has 4 N–H and O–H groups in total. The first-order valence-corrected chi connectivity index (χ1v) is 14.1. The predicted molar refractivity (Wildman–Crippen MR) is 147 cm³/mol. The third-order valence-corrected chi connectivity index (χ3v) is 7.74. The number of nitrogens with two attached hydrogens (primary N) is 1. The first kappa shape index (κ1) is 32.4. The number of alkyl halides is 4. The number of hydrogen-bond donors (Lipinski definition) is 3. The number of anilines is 2. The average Bonchev–Trinajstić information content (AvgIpc) is 2.85. The standard InChI is InChI=1S/C24H28F5N7O3S.ClH/c1-12(2)36-21-19(11-31-23(34-21)32-14-4-5-17(30)15(25)10-14)33-20(22(36)37)13-3-6-18(16(26)9-13)35-40(38,39)8-7-24(27,28)29;/h3,6,9,11-12,14-15,17,35H,4-5,7-8,10,30H2,1-2H3,(H,31,32,34);1H.